The van der Waals surface area contributed by atoms with Gasteiger partial charge in [0.2, 0.25) is 0 Å². The van der Waals surface area contributed by atoms with Crippen LogP contribution in [0.15, 0.2) is 59.3 Å². The zero-order valence-corrected chi connectivity index (χ0v) is 11.4. The van der Waals surface area contributed by atoms with E-state index in [1.807, 2.05) is 36.4 Å². The van der Waals surface area contributed by atoms with Crippen LogP contribution >= 0.6 is 0 Å². The first-order valence-corrected chi connectivity index (χ1v) is 6.48. The number of nitrogens with one attached hydrogen (secondary N) is 1. The summed E-state index contributed by atoms with van der Waals surface area (Å²) in [4.78, 5) is 16.2. The Morgan fingerprint density at radius 1 is 1.10 bits per heavy atom. The Hall–Kier alpha value is -2.95. The summed E-state index contributed by atoms with van der Waals surface area (Å²) in [5, 5.41) is 6.34. The van der Waals surface area contributed by atoms with Crippen LogP contribution in [0.1, 0.15) is 16.2 Å². The molecule has 3 aromatic rings. The molecule has 5 nitrogen and oxygen atoms in total. The molecule has 0 spiro atoms. The summed E-state index contributed by atoms with van der Waals surface area (Å²) in [5.74, 6) is 0.701. The van der Waals surface area contributed by atoms with Gasteiger partial charge in [-0.15, -0.1) is 0 Å². The predicted molar refractivity (Wildman–Crippen MR) is 78.9 cm³/mol. The summed E-state index contributed by atoms with van der Waals surface area (Å²) in [6.07, 6.45) is 1.68. The minimum Gasteiger partial charge on any atom is -0.360 e. The van der Waals surface area contributed by atoms with Gasteiger partial charge < -0.3 is 9.84 Å². The second-order valence-electron chi connectivity index (χ2n) is 4.58. The molecule has 0 saturated heterocycles. The summed E-state index contributed by atoms with van der Waals surface area (Å²) >= 11 is 0. The number of nitrogens with zero attached hydrogens (tertiary/aromatic N) is 2. The molecule has 0 aliphatic carbocycles. The zero-order valence-electron chi connectivity index (χ0n) is 11.4. The molecule has 1 amide bonds. The molecule has 0 unspecified atom stereocenters. The van der Waals surface area contributed by atoms with E-state index in [1.54, 1.807) is 25.3 Å². The first kappa shape index (κ1) is 13.1. The van der Waals surface area contributed by atoms with Crippen molar-refractivity contribution in [2.75, 3.05) is 5.32 Å². The van der Waals surface area contributed by atoms with Gasteiger partial charge in [-0.25, -0.2) is 0 Å². The van der Waals surface area contributed by atoms with Crippen molar-refractivity contribution in [3.63, 3.8) is 0 Å². The van der Waals surface area contributed by atoms with Gasteiger partial charge in [-0.1, -0.05) is 41.6 Å². The average Bonchev–Trinajstić information content (AvgIpc) is 2.93. The largest absolute Gasteiger partial charge is 0.360 e. The van der Waals surface area contributed by atoms with Crippen molar-refractivity contribution in [2.45, 2.75) is 6.92 Å². The topological polar surface area (TPSA) is 68.0 Å². The minimum absolute atomic E-state index is 0.317. The van der Waals surface area contributed by atoms with Crippen molar-refractivity contribution < 1.29 is 9.32 Å². The Labute approximate surface area is 121 Å². The lowest BCUT2D eigenvalue weighted by molar-refractivity contribution is 0.102. The number of anilines is 1. The van der Waals surface area contributed by atoms with Crippen LogP contribution in [0.4, 0.5) is 5.82 Å². The fourth-order valence-electron chi connectivity index (χ4n) is 1.94. The molecule has 0 aliphatic rings. The zero-order chi connectivity index (χ0) is 14.7. The molecule has 21 heavy (non-hydrogen) atoms. The van der Waals surface area contributed by atoms with Crippen molar-refractivity contribution in [1.82, 2.24) is 10.1 Å². The normalized spacial score (nSPS) is 10.3. The van der Waals surface area contributed by atoms with Crippen LogP contribution < -0.4 is 5.32 Å². The first-order valence-electron chi connectivity index (χ1n) is 6.48. The van der Waals surface area contributed by atoms with E-state index in [2.05, 4.69) is 15.5 Å². The van der Waals surface area contributed by atoms with E-state index in [9.17, 15) is 4.79 Å². The molecule has 3 rings (SSSR count). The summed E-state index contributed by atoms with van der Waals surface area (Å²) < 4.78 is 4.89. The number of carbonyl (C=O) groups is 1. The van der Waals surface area contributed by atoms with Crippen LogP contribution in [0, 0.1) is 6.92 Å². The molecule has 0 atom stereocenters. The Kier molecular flexibility index (Phi) is 3.47. The molecule has 2 aromatic heterocycles. The lowest BCUT2D eigenvalue weighted by atomic mass is 10.1. The van der Waals surface area contributed by atoms with Gasteiger partial charge in [-0.2, -0.15) is 0 Å². The number of aromatic nitrogens is 2. The Morgan fingerprint density at radius 2 is 1.90 bits per heavy atom. The third-order valence-corrected chi connectivity index (χ3v) is 2.97. The average molecular weight is 279 g/mol. The van der Waals surface area contributed by atoms with Crippen LogP contribution in [-0.4, -0.2) is 16.0 Å². The molecule has 104 valence electrons. The fourth-order valence-corrected chi connectivity index (χ4v) is 1.94. The van der Waals surface area contributed by atoms with E-state index in [0.717, 1.165) is 11.1 Å². The Bertz CT molecular complexity index is 749. The third-order valence-electron chi connectivity index (χ3n) is 2.97. The van der Waals surface area contributed by atoms with E-state index in [-0.39, 0.29) is 5.91 Å². The number of benzene rings is 1. The van der Waals surface area contributed by atoms with E-state index < -0.39 is 0 Å². The number of amides is 1. The second-order valence-corrected chi connectivity index (χ2v) is 4.58. The SMILES string of the molecule is Cc1cc(NC(=O)c2ccc(-c3ccccc3)cn2)no1. The lowest BCUT2D eigenvalue weighted by Gasteiger charge is -2.03. The Morgan fingerprint density at radius 3 is 2.52 bits per heavy atom. The molecule has 0 bridgehead atoms. The number of rotatable bonds is 3. The monoisotopic (exact) mass is 279 g/mol. The van der Waals surface area contributed by atoms with E-state index in [0.29, 0.717) is 17.3 Å². The number of hydrogen-bond acceptors (Lipinski definition) is 4. The van der Waals surface area contributed by atoms with Gasteiger partial charge >= 0.3 is 0 Å². The van der Waals surface area contributed by atoms with Crippen LogP contribution in [-0.2, 0) is 0 Å². The highest BCUT2D eigenvalue weighted by atomic mass is 16.5. The van der Waals surface area contributed by atoms with Gasteiger partial charge in [0.05, 0.1) is 0 Å². The number of carbonyl (C=O) groups excluding carboxylic acids is 1. The highest BCUT2D eigenvalue weighted by Crippen LogP contribution is 2.18. The van der Waals surface area contributed by atoms with Crippen molar-refractivity contribution in [1.29, 1.82) is 0 Å². The van der Waals surface area contributed by atoms with Gasteiger partial charge in [-0.3, -0.25) is 9.78 Å². The van der Waals surface area contributed by atoms with Gasteiger partial charge in [0.25, 0.3) is 5.91 Å². The summed E-state index contributed by atoms with van der Waals surface area (Å²) in [6.45, 7) is 1.76. The lowest BCUT2D eigenvalue weighted by Crippen LogP contribution is -2.13. The van der Waals surface area contributed by atoms with E-state index in [4.69, 9.17) is 4.52 Å². The van der Waals surface area contributed by atoms with Gasteiger partial charge in [0, 0.05) is 17.8 Å². The molecule has 0 aliphatic heterocycles. The molecule has 0 fully saturated rings. The van der Waals surface area contributed by atoms with Crippen molar-refractivity contribution >= 4 is 11.7 Å². The highest BCUT2D eigenvalue weighted by Gasteiger charge is 2.10. The van der Waals surface area contributed by atoms with E-state index in [1.165, 1.54) is 0 Å². The fraction of sp³-hybridized carbons (Fsp3) is 0.0625. The van der Waals surface area contributed by atoms with Gasteiger partial charge in [-0.05, 0) is 18.6 Å². The van der Waals surface area contributed by atoms with Crippen LogP contribution in [0.5, 0.6) is 0 Å². The molecule has 5 heteroatoms. The highest BCUT2D eigenvalue weighted by molar-refractivity contribution is 6.02. The maximum atomic E-state index is 12.0. The summed E-state index contributed by atoms with van der Waals surface area (Å²) in [7, 11) is 0. The molecular weight excluding hydrogens is 266 g/mol. The van der Waals surface area contributed by atoms with E-state index >= 15 is 0 Å². The standard InChI is InChI=1S/C16H13N3O2/c1-11-9-15(19-21-11)18-16(20)14-8-7-13(10-17-14)12-5-3-2-4-6-12/h2-10H,1H3,(H,18,19,20). The molecule has 1 aromatic carbocycles. The van der Waals surface area contributed by atoms with Crippen LogP contribution in [0.25, 0.3) is 11.1 Å². The summed E-state index contributed by atoms with van der Waals surface area (Å²) in [6, 6.07) is 15.1. The number of hydrogen-bond donors (Lipinski definition) is 1. The van der Waals surface area contributed by atoms with Gasteiger partial charge in [0.15, 0.2) is 5.82 Å². The Balaban J connectivity index is 1.76. The smallest absolute Gasteiger partial charge is 0.275 e. The quantitative estimate of drug-likeness (QED) is 0.798. The maximum Gasteiger partial charge on any atom is 0.275 e. The van der Waals surface area contributed by atoms with Crippen LogP contribution in [0.2, 0.25) is 0 Å². The first-order chi connectivity index (χ1) is 10.2. The van der Waals surface area contributed by atoms with Crippen LogP contribution in [0.3, 0.4) is 0 Å². The molecular formula is C16H13N3O2. The molecule has 1 N–H and O–H groups in total. The molecule has 2 heterocycles. The van der Waals surface area contributed by atoms with Crippen molar-refractivity contribution in [3.8, 4) is 11.1 Å². The van der Waals surface area contributed by atoms with Crippen molar-refractivity contribution in [3.05, 3.63) is 66.2 Å². The molecule has 0 radical (unpaired) electrons. The minimum atomic E-state index is -0.317. The number of pyridine rings is 1. The molecule has 0 saturated carbocycles. The van der Waals surface area contributed by atoms with Crippen molar-refractivity contribution in [2.24, 2.45) is 0 Å². The number of aryl methyl sites for hydroxylation is 1. The van der Waals surface area contributed by atoms with Gasteiger partial charge in [0.1, 0.15) is 11.5 Å². The predicted octanol–water partition coefficient (Wildman–Crippen LogP) is 3.30. The third kappa shape index (κ3) is 2.97. The summed E-state index contributed by atoms with van der Waals surface area (Å²) in [5.41, 5.74) is 2.35. The second kappa shape index (κ2) is 5.58. The maximum absolute atomic E-state index is 12.0.